The maximum Gasteiger partial charge on any atom is 0.140 e. The van der Waals surface area contributed by atoms with Gasteiger partial charge in [-0.15, -0.1) is 0 Å². The van der Waals surface area contributed by atoms with Gasteiger partial charge in [-0.25, -0.2) is 4.98 Å². The summed E-state index contributed by atoms with van der Waals surface area (Å²) in [6, 6.07) is 2.63. The number of nitrogens with two attached hydrogens (primary N) is 1. The number of pyridine rings is 1. The Kier molecular flexibility index (Phi) is 3.17. The Hall–Kier alpha value is -1.62. The van der Waals surface area contributed by atoms with Gasteiger partial charge in [-0.05, 0) is 51.2 Å². The van der Waals surface area contributed by atoms with Gasteiger partial charge in [0.2, 0.25) is 0 Å². The highest BCUT2D eigenvalue weighted by atomic mass is 16.3. The van der Waals surface area contributed by atoms with Crippen LogP contribution in [0.1, 0.15) is 42.5 Å². The van der Waals surface area contributed by atoms with Crippen LogP contribution in [0.25, 0.3) is 0 Å². The third-order valence-corrected chi connectivity index (χ3v) is 4.55. The molecule has 2 aliphatic rings. The summed E-state index contributed by atoms with van der Waals surface area (Å²) in [6.07, 6.45) is 3.57. The summed E-state index contributed by atoms with van der Waals surface area (Å²) in [5, 5.41) is 17.8. The molecule has 5 nitrogen and oxygen atoms in total. The summed E-state index contributed by atoms with van der Waals surface area (Å²) in [5.41, 5.74) is 8.49. The van der Waals surface area contributed by atoms with Crippen molar-refractivity contribution in [2.75, 3.05) is 4.90 Å². The van der Waals surface area contributed by atoms with E-state index >= 15 is 0 Å². The third-order valence-electron chi connectivity index (χ3n) is 4.55. The predicted molar refractivity (Wildman–Crippen MR) is 79.3 cm³/mol. The number of fused-ring (bicyclic) bond motifs is 2. The lowest BCUT2D eigenvalue weighted by Gasteiger charge is -2.39. The monoisotopic (exact) mass is 274 g/mol. The fourth-order valence-electron chi connectivity index (χ4n) is 3.83. The fraction of sp³-hybridized carbons (Fsp3) is 0.600. The highest BCUT2D eigenvalue weighted by Gasteiger charge is 2.42. The first-order valence-electron chi connectivity index (χ1n) is 7.26. The summed E-state index contributed by atoms with van der Waals surface area (Å²) >= 11 is 0. The van der Waals surface area contributed by atoms with Crippen molar-refractivity contribution in [2.45, 2.75) is 57.7 Å². The zero-order valence-corrected chi connectivity index (χ0v) is 12.1. The van der Waals surface area contributed by atoms with Gasteiger partial charge in [0.1, 0.15) is 11.7 Å². The fourth-order valence-corrected chi connectivity index (χ4v) is 3.83. The van der Waals surface area contributed by atoms with Crippen LogP contribution in [-0.2, 0) is 0 Å². The molecule has 3 heterocycles. The molecule has 0 aliphatic carbocycles. The van der Waals surface area contributed by atoms with E-state index in [1.165, 1.54) is 0 Å². The van der Waals surface area contributed by atoms with Gasteiger partial charge in [0.25, 0.3) is 0 Å². The maximum atomic E-state index is 9.93. The SMILES string of the molecule is Cc1cc(C)c(C(=N)N)c(N2C3CCC2CC(O)C3)n1. The third kappa shape index (κ3) is 2.06. The quantitative estimate of drug-likeness (QED) is 0.563. The van der Waals surface area contributed by atoms with Crippen LogP contribution >= 0.6 is 0 Å². The summed E-state index contributed by atoms with van der Waals surface area (Å²) in [5.74, 6) is 0.921. The Bertz CT molecular complexity index is 543. The summed E-state index contributed by atoms with van der Waals surface area (Å²) in [4.78, 5) is 6.98. The van der Waals surface area contributed by atoms with E-state index in [0.29, 0.717) is 12.1 Å². The van der Waals surface area contributed by atoms with Crippen molar-refractivity contribution in [3.8, 4) is 0 Å². The lowest BCUT2D eigenvalue weighted by Crippen LogP contribution is -2.46. The average Bonchev–Trinajstić information content (AvgIpc) is 2.60. The first-order chi connectivity index (χ1) is 9.47. The van der Waals surface area contributed by atoms with Gasteiger partial charge in [0.15, 0.2) is 0 Å². The van der Waals surface area contributed by atoms with Gasteiger partial charge >= 0.3 is 0 Å². The Morgan fingerprint density at radius 3 is 2.50 bits per heavy atom. The molecule has 5 heteroatoms. The van der Waals surface area contributed by atoms with Crippen LogP contribution in [-0.4, -0.2) is 34.1 Å². The molecule has 2 unspecified atom stereocenters. The maximum absolute atomic E-state index is 9.93. The smallest absolute Gasteiger partial charge is 0.140 e. The molecule has 1 aromatic heterocycles. The lowest BCUT2D eigenvalue weighted by molar-refractivity contribution is 0.126. The second-order valence-corrected chi connectivity index (χ2v) is 6.11. The van der Waals surface area contributed by atoms with Crippen LogP contribution in [0.2, 0.25) is 0 Å². The van der Waals surface area contributed by atoms with Crippen molar-refractivity contribution >= 4 is 11.7 Å². The van der Waals surface area contributed by atoms with Gasteiger partial charge in [-0.2, -0.15) is 0 Å². The topological polar surface area (TPSA) is 86.2 Å². The Labute approximate surface area is 119 Å². The van der Waals surface area contributed by atoms with Crippen molar-refractivity contribution in [1.29, 1.82) is 5.41 Å². The second-order valence-electron chi connectivity index (χ2n) is 6.11. The molecule has 0 radical (unpaired) electrons. The highest BCUT2D eigenvalue weighted by Crippen LogP contribution is 2.40. The molecule has 2 aliphatic heterocycles. The number of hydrogen-bond donors (Lipinski definition) is 3. The first-order valence-corrected chi connectivity index (χ1v) is 7.26. The average molecular weight is 274 g/mol. The van der Waals surface area contributed by atoms with E-state index in [1.807, 2.05) is 19.9 Å². The number of aliphatic hydroxyl groups is 1. The number of nitrogen functional groups attached to an aromatic ring is 1. The summed E-state index contributed by atoms with van der Waals surface area (Å²) < 4.78 is 0. The summed E-state index contributed by atoms with van der Waals surface area (Å²) in [6.45, 7) is 3.96. The minimum Gasteiger partial charge on any atom is -0.393 e. The number of aryl methyl sites for hydroxylation is 2. The first kappa shape index (κ1) is 13.4. The van der Waals surface area contributed by atoms with Crippen LogP contribution in [0.4, 0.5) is 5.82 Å². The van der Waals surface area contributed by atoms with E-state index in [-0.39, 0.29) is 11.9 Å². The van der Waals surface area contributed by atoms with Gasteiger partial charge in [-0.3, -0.25) is 5.41 Å². The number of nitrogens with zero attached hydrogens (tertiary/aromatic N) is 2. The van der Waals surface area contributed by atoms with Gasteiger partial charge in [0, 0.05) is 17.8 Å². The Morgan fingerprint density at radius 1 is 1.35 bits per heavy atom. The van der Waals surface area contributed by atoms with Crippen molar-refractivity contribution < 1.29 is 5.11 Å². The molecular weight excluding hydrogens is 252 g/mol. The van der Waals surface area contributed by atoms with Crippen molar-refractivity contribution in [3.63, 3.8) is 0 Å². The Morgan fingerprint density at radius 2 is 1.95 bits per heavy atom. The normalized spacial score (nSPS) is 28.8. The van der Waals surface area contributed by atoms with Gasteiger partial charge < -0.3 is 15.7 Å². The van der Waals surface area contributed by atoms with Crippen LogP contribution in [0.5, 0.6) is 0 Å². The molecule has 1 aromatic rings. The van der Waals surface area contributed by atoms with Crippen LogP contribution in [0, 0.1) is 19.3 Å². The minimum atomic E-state index is -0.199. The largest absolute Gasteiger partial charge is 0.393 e. The molecule has 0 saturated carbocycles. The molecule has 3 rings (SSSR count). The molecule has 0 amide bonds. The molecule has 108 valence electrons. The van der Waals surface area contributed by atoms with E-state index in [1.54, 1.807) is 0 Å². The van der Waals surface area contributed by atoms with Crippen molar-refractivity contribution in [2.24, 2.45) is 5.73 Å². The molecular formula is C15H22N4O. The number of piperidine rings is 1. The zero-order valence-electron chi connectivity index (χ0n) is 12.1. The van der Waals surface area contributed by atoms with Crippen molar-refractivity contribution in [3.05, 3.63) is 22.9 Å². The van der Waals surface area contributed by atoms with Crippen LogP contribution < -0.4 is 10.6 Å². The highest BCUT2D eigenvalue weighted by molar-refractivity contribution is 6.01. The number of nitrogens with one attached hydrogen (secondary N) is 1. The zero-order chi connectivity index (χ0) is 14.4. The number of aromatic nitrogens is 1. The molecule has 2 atom stereocenters. The molecule has 20 heavy (non-hydrogen) atoms. The Balaban J connectivity index is 2.08. The number of aliphatic hydroxyl groups excluding tert-OH is 1. The lowest BCUT2D eigenvalue weighted by atomic mass is 9.98. The second kappa shape index (κ2) is 4.74. The molecule has 2 fully saturated rings. The standard InChI is InChI=1S/C15H22N4O/c1-8-5-9(2)18-15(13(8)14(16)17)19-10-3-4-11(19)7-12(20)6-10/h5,10-12,20H,3-4,6-7H2,1-2H3,(H3,16,17). The summed E-state index contributed by atoms with van der Waals surface area (Å²) in [7, 11) is 0. The number of rotatable bonds is 2. The molecule has 2 saturated heterocycles. The molecule has 0 aromatic carbocycles. The van der Waals surface area contributed by atoms with E-state index in [2.05, 4.69) is 9.88 Å². The predicted octanol–water partition coefficient (Wildman–Crippen LogP) is 1.47. The molecule has 2 bridgehead atoms. The van der Waals surface area contributed by atoms with Crippen LogP contribution in [0.15, 0.2) is 6.07 Å². The van der Waals surface area contributed by atoms with Crippen molar-refractivity contribution in [1.82, 2.24) is 4.98 Å². The number of anilines is 1. The van der Waals surface area contributed by atoms with Crippen LogP contribution in [0.3, 0.4) is 0 Å². The number of hydrogen-bond acceptors (Lipinski definition) is 4. The van der Waals surface area contributed by atoms with Gasteiger partial charge in [0.05, 0.1) is 11.7 Å². The van der Waals surface area contributed by atoms with Gasteiger partial charge in [-0.1, -0.05) is 0 Å². The minimum absolute atomic E-state index is 0.0792. The van der Waals surface area contributed by atoms with E-state index in [4.69, 9.17) is 11.1 Å². The van der Waals surface area contributed by atoms with E-state index in [9.17, 15) is 5.11 Å². The molecule has 4 N–H and O–H groups in total. The molecule has 0 spiro atoms. The van der Waals surface area contributed by atoms with E-state index < -0.39 is 0 Å². The number of amidine groups is 1. The van der Waals surface area contributed by atoms with E-state index in [0.717, 1.165) is 48.3 Å².